The second-order valence-electron chi connectivity index (χ2n) is 4.91. The molecule has 9 heteroatoms. The Morgan fingerprint density at radius 1 is 1.43 bits per heavy atom. The van der Waals surface area contributed by atoms with Crippen molar-refractivity contribution in [3.05, 3.63) is 28.3 Å². The number of benzene rings is 1. The quantitative estimate of drug-likeness (QED) is 0.513. The molecule has 1 aliphatic heterocycles. The van der Waals surface area contributed by atoms with Crippen molar-refractivity contribution in [2.24, 2.45) is 0 Å². The summed E-state index contributed by atoms with van der Waals surface area (Å²) in [6.07, 6.45) is 0. The zero-order valence-electron chi connectivity index (χ0n) is 11.7. The van der Waals surface area contributed by atoms with E-state index in [9.17, 15) is 18.5 Å². The summed E-state index contributed by atoms with van der Waals surface area (Å²) in [4.78, 5) is 10.0. The third-order valence-corrected chi connectivity index (χ3v) is 7.01. The van der Waals surface area contributed by atoms with Crippen LogP contribution in [0.3, 0.4) is 0 Å². The minimum absolute atomic E-state index is 0.0703. The molecule has 1 heterocycles. The van der Waals surface area contributed by atoms with Crippen LogP contribution in [0, 0.1) is 10.1 Å². The molecule has 0 bridgehead atoms. The summed E-state index contributed by atoms with van der Waals surface area (Å²) in [5, 5.41) is 10.9. The fourth-order valence-corrected chi connectivity index (χ4v) is 5.35. The zero-order valence-corrected chi connectivity index (χ0v) is 13.4. The third-order valence-electron chi connectivity index (χ3n) is 3.62. The standard InChI is InChI=1S/C12H17N3O4S2/c1-8-9(2)20-6-5-14(8)21(18,19)12-4-3-10(15(16)17)7-11(12)13/h3-4,7-9H,5-6,13H2,1-2H3. The highest BCUT2D eigenvalue weighted by molar-refractivity contribution is 8.00. The molecule has 116 valence electrons. The van der Waals surface area contributed by atoms with Crippen LogP contribution < -0.4 is 5.73 Å². The number of rotatable bonds is 3. The number of nitro groups is 1. The first-order chi connectivity index (χ1) is 9.75. The van der Waals surface area contributed by atoms with Crippen LogP contribution in [0.1, 0.15) is 13.8 Å². The van der Waals surface area contributed by atoms with Gasteiger partial charge in [-0.2, -0.15) is 16.1 Å². The maximum Gasteiger partial charge on any atom is 0.271 e. The van der Waals surface area contributed by atoms with Crippen molar-refractivity contribution in [3.8, 4) is 0 Å². The first kappa shape index (κ1) is 16.1. The van der Waals surface area contributed by atoms with E-state index in [0.29, 0.717) is 6.54 Å². The predicted molar refractivity (Wildman–Crippen MR) is 82.8 cm³/mol. The second-order valence-corrected chi connectivity index (χ2v) is 8.26. The minimum atomic E-state index is -3.74. The van der Waals surface area contributed by atoms with Crippen LogP contribution in [0.25, 0.3) is 0 Å². The van der Waals surface area contributed by atoms with Gasteiger partial charge in [0.05, 0.1) is 10.6 Å². The summed E-state index contributed by atoms with van der Waals surface area (Å²) in [6, 6.07) is 3.31. The molecule has 1 aliphatic rings. The van der Waals surface area contributed by atoms with Crippen LogP contribution in [0.15, 0.2) is 23.1 Å². The molecule has 2 rings (SSSR count). The van der Waals surface area contributed by atoms with Crippen molar-refractivity contribution < 1.29 is 13.3 Å². The smallest absolute Gasteiger partial charge is 0.271 e. The highest BCUT2D eigenvalue weighted by Crippen LogP contribution is 2.32. The van der Waals surface area contributed by atoms with E-state index in [1.807, 2.05) is 13.8 Å². The Bertz CT molecular complexity index is 662. The largest absolute Gasteiger partial charge is 0.397 e. The average molecular weight is 331 g/mol. The van der Waals surface area contributed by atoms with Crippen LogP contribution in [-0.2, 0) is 10.0 Å². The molecule has 0 aromatic heterocycles. The van der Waals surface area contributed by atoms with Gasteiger partial charge < -0.3 is 5.73 Å². The van der Waals surface area contributed by atoms with Gasteiger partial charge >= 0.3 is 0 Å². The van der Waals surface area contributed by atoms with Gasteiger partial charge in [-0.15, -0.1) is 0 Å². The van der Waals surface area contributed by atoms with Crippen molar-refractivity contribution in [2.45, 2.75) is 30.0 Å². The number of non-ortho nitro benzene ring substituents is 1. The lowest BCUT2D eigenvalue weighted by molar-refractivity contribution is -0.384. The molecule has 0 aliphatic carbocycles. The normalized spacial score (nSPS) is 23.9. The lowest BCUT2D eigenvalue weighted by Crippen LogP contribution is -2.47. The molecule has 0 saturated carbocycles. The maximum atomic E-state index is 12.7. The van der Waals surface area contributed by atoms with E-state index < -0.39 is 14.9 Å². The van der Waals surface area contributed by atoms with Crippen molar-refractivity contribution in [3.63, 3.8) is 0 Å². The second kappa shape index (κ2) is 5.82. The van der Waals surface area contributed by atoms with E-state index in [0.717, 1.165) is 17.9 Å². The SMILES string of the molecule is CC1SCCN(S(=O)(=O)c2ccc([N+](=O)[O-])cc2N)C1C. The summed E-state index contributed by atoms with van der Waals surface area (Å²) in [5.41, 5.74) is 5.40. The number of sulfonamides is 1. The fraction of sp³-hybridized carbons (Fsp3) is 0.500. The first-order valence-corrected chi connectivity index (χ1v) is 8.91. The van der Waals surface area contributed by atoms with Crippen LogP contribution >= 0.6 is 11.8 Å². The van der Waals surface area contributed by atoms with E-state index >= 15 is 0 Å². The van der Waals surface area contributed by atoms with E-state index in [1.165, 1.54) is 10.4 Å². The molecule has 0 spiro atoms. The van der Waals surface area contributed by atoms with Crippen LogP contribution in [-0.4, -0.2) is 41.2 Å². The van der Waals surface area contributed by atoms with Gasteiger partial charge in [0.2, 0.25) is 10.0 Å². The van der Waals surface area contributed by atoms with E-state index in [4.69, 9.17) is 5.73 Å². The van der Waals surface area contributed by atoms with Gasteiger partial charge in [0.25, 0.3) is 5.69 Å². The number of hydrogen-bond donors (Lipinski definition) is 1. The molecule has 2 unspecified atom stereocenters. The number of nitrogens with two attached hydrogens (primary N) is 1. The number of hydrogen-bond acceptors (Lipinski definition) is 6. The van der Waals surface area contributed by atoms with Crippen LogP contribution in [0.4, 0.5) is 11.4 Å². The average Bonchev–Trinajstić information content (AvgIpc) is 2.41. The van der Waals surface area contributed by atoms with Gasteiger partial charge in [-0.05, 0) is 13.0 Å². The topological polar surface area (TPSA) is 107 Å². The van der Waals surface area contributed by atoms with Crippen LogP contribution in [0.2, 0.25) is 0 Å². The Kier molecular flexibility index (Phi) is 4.45. The van der Waals surface area contributed by atoms with Gasteiger partial charge in [0.1, 0.15) is 4.90 Å². The molecule has 1 fully saturated rings. The van der Waals surface area contributed by atoms with E-state index in [2.05, 4.69) is 0 Å². The summed E-state index contributed by atoms with van der Waals surface area (Å²) >= 11 is 1.73. The lowest BCUT2D eigenvalue weighted by Gasteiger charge is -2.36. The third kappa shape index (κ3) is 2.99. The fourth-order valence-electron chi connectivity index (χ4n) is 2.26. The molecule has 7 nitrogen and oxygen atoms in total. The molecule has 2 atom stereocenters. The lowest BCUT2D eigenvalue weighted by atomic mass is 10.2. The number of nitrogens with zero attached hydrogens (tertiary/aromatic N) is 2. The summed E-state index contributed by atoms with van der Waals surface area (Å²) < 4.78 is 26.8. The molecular formula is C12H17N3O4S2. The van der Waals surface area contributed by atoms with Crippen molar-refractivity contribution in [2.75, 3.05) is 18.0 Å². The Hall–Kier alpha value is -1.32. The summed E-state index contributed by atoms with van der Waals surface area (Å²) in [6.45, 7) is 4.25. The first-order valence-electron chi connectivity index (χ1n) is 6.42. The van der Waals surface area contributed by atoms with Gasteiger partial charge in [-0.1, -0.05) is 6.92 Å². The molecule has 1 aromatic carbocycles. The summed E-state index contributed by atoms with van der Waals surface area (Å²) in [5.74, 6) is 0.720. The number of anilines is 1. The Morgan fingerprint density at radius 2 is 2.10 bits per heavy atom. The van der Waals surface area contributed by atoms with Gasteiger partial charge in [-0.3, -0.25) is 10.1 Å². The zero-order chi connectivity index (χ0) is 15.8. The molecule has 21 heavy (non-hydrogen) atoms. The highest BCUT2D eigenvalue weighted by Gasteiger charge is 2.36. The molecule has 2 N–H and O–H groups in total. The Morgan fingerprint density at radius 3 is 2.67 bits per heavy atom. The molecule has 1 saturated heterocycles. The van der Waals surface area contributed by atoms with E-state index in [1.54, 1.807) is 11.8 Å². The monoisotopic (exact) mass is 331 g/mol. The van der Waals surface area contributed by atoms with Crippen LogP contribution in [0.5, 0.6) is 0 Å². The molecular weight excluding hydrogens is 314 g/mol. The highest BCUT2D eigenvalue weighted by atomic mass is 32.2. The van der Waals surface area contributed by atoms with E-state index in [-0.39, 0.29) is 27.6 Å². The van der Waals surface area contributed by atoms with Crippen molar-refractivity contribution in [1.29, 1.82) is 0 Å². The molecule has 0 amide bonds. The minimum Gasteiger partial charge on any atom is -0.397 e. The Labute approximate surface area is 127 Å². The van der Waals surface area contributed by atoms with Gasteiger partial charge in [0, 0.05) is 35.7 Å². The summed E-state index contributed by atoms with van der Waals surface area (Å²) in [7, 11) is -3.74. The predicted octanol–water partition coefficient (Wildman–Crippen LogP) is 1.69. The molecule has 0 radical (unpaired) electrons. The van der Waals surface area contributed by atoms with Gasteiger partial charge in [0.15, 0.2) is 0 Å². The number of nitrogen functional groups attached to an aromatic ring is 1. The van der Waals surface area contributed by atoms with Crippen molar-refractivity contribution in [1.82, 2.24) is 4.31 Å². The van der Waals surface area contributed by atoms with Gasteiger partial charge in [-0.25, -0.2) is 8.42 Å². The number of thioether (sulfide) groups is 1. The maximum absolute atomic E-state index is 12.7. The van der Waals surface area contributed by atoms with Crippen molar-refractivity contribution >= 4 is 33.2 Å². The number of nitro benzene ring substituents is 1. The molecule has 1 aromatic rings. The Balaban J connectivity index is 2.42.